The Kier molecular flexibility index (Phi) is 11.2. The van der Waals surface area contributed by atoms with Gasteiger partial charge in [0.15, 0.2) is 0 Å². The number of carbonyl (C=O) groups excluding carboxylic acids is 2. The van der Waals surface area contributed by atoms with E-state index >= 15 is 0 Å². The van der Waals surface area contributed by atoms with Crippen molar-refractivity contribution < 1.29 is 29.4 Å². The molecule has 0 aliphatic carbocycles. The minimum Gasteiger partial charge on any atom is -0.465 e. The van der Waals surface area contributed by atoms with E-state index in [0.29, 0.717) is 48.7 Å². The first kappa shape index (κ1) is 39.6. The molecular weight excluding hydrogens is 761 g/mol. The van der Waals surface area contributed by atoms with E-state index in [-0.39, 0.29) is 23.9 Å². The van der Waals surface area contributed by atoms with Crippen LogP contribution in [0.15, 0.2) is 122 Å². The number of H-pyrrole nitrogens is 2. The first-order valence-corrected chi connectivity index (χ1v) is 20.0. The highest BCUT2D eigenvalue weighted by molar-refractivity contribution is 5.88. The average Bonchev–Trinajstić information content (AvgIpc) is 4.12. The normalized spacial score (nSPS) is 17.3. The third-order valence-electron chi connectivity index (χ3n) is 11.7. The fourth-order valence-corrected chi connectivity index (χ4v) is 8.49. The highest BCUT2D eigenvalue weighted by Gasteiger charge is 2.40. The van der Waals surface area contributed by atoms with Gasteiger partial charge >= 0.3 is 12.2 Å². The molecule has 0 radical (unpaired) electrons. The van der Waals surface area contributed by atoms with Crippen LogP contribution in [0.4, 0.5) is 9.59 Å². The first-order valence-electron chi connectivity index (χ1n) is 20.0. The lowest BCUT2D eigenvalue weighted by atomic mass is 10.0. The lowest BCUT2D eigenvalue weighted by Gasteiger charge is -2.32. The summed E-state index contributed by atoms with van der Waals surface area (Å²) in [5.74, 6) is 0.776. The third-order valence-corrected chi connectivity index (χ3v) is 11.7. The fourth-order valence-electron chi connectivity index (χ4n) is 8.49. The lowest BCUT2D eigenvalue weighted by Crippen LogP contribution is -2.43. The smallest absolute Gasteiger partial charge is 0.407 e. The molecule has 14 heteroatoms. The molecule has 2 fully saturated rings. The van der Waals surface area contributed by atoms with Crippen LogP contribution in [0.5, 0.6) is 0 Å². The zero-order chi connectivity index (χ0) is 41.9. The Morgan fingerprint density at radius 3 is 1.27 bits per heavy atom. The van der Waals surface area contributed by atoms with Gasteiger partial charge in [-0.1, -0.05) is 109 Å². The van der Waals surface area contributed by atoms with E-state index in [1.165, 1.54) is 14.1 Å². The summed E-state index contributed by atoms with van der Waals surface area (Å²) in [6.45, 7) is 1.02. The first-order chi connectivity index (χ1) is 29.1. The number of hydrogen-bond donors (Lipinski definition) is 4. The van der Waals surface area contributed by atoms with Crippen molar-refractivity contribution in [3.8, 4) is 33.6 Å². The summed E-state index contributed by atoms with van der Waals surface area (Å²) in [4.78, 5) is 73.7. The van der Waals surface area contributed by atoms with Gasteiger partial charge in [0.05, 0.1) is 35.9 Å². The molecule has 4 heterocycles. The van der Waals surface area contributed by atoms with Gasteiger partial charge in [0.2, 0.25) is 0 Å². The Balaban J connectivity index is 0.938. The number of aromatic amines is 2. The van der Waals surface area contributed by atoms with Crippen LogP contribution >= 0.6 is 0 Å². The van der Waals surface area contributed by atoms with Gasteiger partial charge in [0, 0.05) is 27.2 Å². The molecule has 6 aromatic rings. The van der Waals surface area contributed by atoms with Crippen LogP contribution in [0.3, 0.4) is 0 Å². The number of nitrogens with zero attached hydrogens (tertiary/aromatic N) is 6. The third kappa shape index (κ3) is 7.83. The highest BCUT2D eigenvalue weighted by Crippen LogP contribution is 2.37. The van der Waals surface area contributed by atoms with Crippen molar-refractivity contribution in [3.05, 3.63) is 144 Å². The van der Waals surface area contributed by atoms with Crippen molar-refractivity contribution in [2.75, 3.05) is 27.2 Å². The van der Waals surface area contributed by atoms with E-state index in [9.17, 15) is 29.4 Å². The second-order valence-corrected chi connectivity index (χ2v) is 15.3. The van der Waals surface area contributed by atoms with Gasteiger partial charge in [0.25, 0.3) is 11.8 Å². The SMILES string of the molecule is CN(C(=O)O)[C@@H](C(=O)N1CCC[C@H]1c1ncc(-c2ccc(-c3ccc(-c4cnc([C@@H]5CCCN5C(=O)[C@@H](c5ccccc5)N(C)C(=O)O)[nH]4)cc3)cc2)[nH]1)c1ccccc1. The van der Waals surface area contributed by atoms with Gasteiger partial charge in [-0.3, -0.25) is 19.4 Å². The summed E-state index contributed by atoms with van der Waals surface area (Å²) < 4.78 is 0. The second-order valence-electron chi connectivity index (χ2n) is 15.3. The average molecular weight is 807 g/mol. The molecule has 2 aliphatic rings. The summed E-state index contributed by atoms with van der Waals surface area (Å²) in [5, 5.41) is 19.6. The Hall–Kier alpha value is -7.22. The Bertz CT molecular complexity index is 2300. The highest BCUT2D eigenvalue weighted by atomic mass is 16.4. The number of aromatic nitrogens is 4. The van der Waals surface area contributed by atoms with Gasteiger partial charge < -0.3 is 30.0 Å². The van der Waals surface area contributed by atoms with E-state index in [2.05, 4.69) is 19.9 Å². The molecule has 0 unspecified atom stereocenters. The molecule has 4 atom stereocenters. The summed E-state index contributed by atoms with van der Waals surface area (Å²) in [5.41, 5.74) is 6.79. The van der Waals surface area contributed by atoms with Crippen LogP contribution in [-0.4, -0.2) is 101 Å². The number of imidazole rings is 2. The molecule has 0 saturated carbocycles. The largest absolute Gasteiger partial charge is 0.465 e. The molecule has 0 bridgehead atoms. The predicted molar refractivity (Wildman–Crippen MR) is 224 cm³/mol. The molecule has 4 N–H and O–H groups in total. The number of carbonyl (C=O) groups is 4. The number of benzene rings is 4. The van der Waals surface area contributed by atoms with E-state index < -0.39 is 24.3 Å². The molecule has 14 nitrogen and oxygen atoms in total. The van der Waals surface area contributed by atoms with E-state index in [0.717, 1.165) is 56.3 Å². The number of nitrogens with one attached hydrogen (secondary N) is 2. The number of rotatable bonds is 11. The Morgan fingerprint density at radius 2 is 0.917 bits per heavy atom. The number of hydrogen-bond acceptors (Lipinski definition) is 6. The number of amides is 4. The molecule has 4 aromatic carbocycles. The summed E-state index contributed by atoms with van der Waals surface area (Å²) >= 11 is 0. The molecule has 2 saturated heterocycles. The maximum Gasteiger partial charge on any atom is 0.407 e. The lowest BCUT2D eigenvalue weighted by molar-refractivity contribution is -0.138. The number of carboxylic acid groups (broad SMARTS) is 2. The van der Waals surface area contributed by atoms with Crippen molar-refractivity contribution in [2.24, 2.45) is 0 Å². The van der Waals surface area contributed by atoms with Crippen LogP contribution in [0.25, 0.3) is 33.6 Å². The van der Waals surface area contributed by atoms with Crippen LogP contribution < -0.4 is 0 Å². The summed E-state index contributed by atoms with van der Waals surface area (Å²) in [6, 6.07) is 31.7. The quantitative estimate of drug-likeness (QED) is 0.101. The minimum absolute atomic E-state index is 0.276. The number of likely N-dealkylation sites (tertiary alicyclic amines) is 2. The minimum atomic E-state index is -1.18. The van der Waals surface area contributed by atoms with Crippen molar-refractivity contribution in [1.82, 2.24) is 39.5 Å². The molecule has 2 aliphatic heterocycles. The van der Waals surface area contributed by atoms with Crippen LogP contribution in [0.2, 0.25) is 0 Å². The summed E-state index contributed by atoms with van der Waals surface area (Å²) in [6.07, 6.45) is 4.18. The van der Waals surface area contributed by atoms with E-state index in [1.807, 2.05) is 60.7 Å². The Labute approximate surface area is 347 Å². The van der Waals surface area contributed by atoms with E-state index in [4.69, 9.17) is 0 Å². The van der Waals surface area contributed by atoms with Crippen molar-refractivity contribution in [1.29, 1.82) is 0 Å². The molecule has 8 rings (SSSR count). The van der Waals surface area contributed by atoms with Crippen molar-refractivity contribution >= 4 is 24.0 Å². The van der Waals surface area contributed by atoms with E-state index in [1.54, 1.807) is 70.7 Å². The zero-order valence-electron chi connectivity index (χ0n) is 33.3. The summed E-state index contributed by atoms with van der Waals surface area (Å²) in [7, 11) is 2.85. The van der Waals surface area contributed by atoms with Crippen LogP contribution in [0.1, 0.15) is 72.6 Å². The molecular formula is C46H46N8O6. The maximum absolute atomic E-state index is 14.0. The van der Waals surface area contributed by atoms with Crippen molar-refractivity contribution in [3.63, 3.8) is 0 Å². The number of likely N-dealkylation sites (N-methyl/N-ethyl adjacent to an activating group) is 2. The van der Waals surface area contributed by atoms with Gasteiger partial charge in [-0.25, -0.2) is 19.6 Å². The van der Waals surface area contributed by atoms with Gasteiger partial charge in [-0.05, 0) is 59.1 Å². The van der Waals surface area contributed by atoms with Gasteiger partial charge in [0.1, 0.15) is 23.7 Å². The Morgan fingerprint density at radius 1 is 0.567 bits per heavy atom. The topological polar surface area (TPSA) is 179 Å². The second kappa shape index (κ2) is 16.9. The van der Waals surface area contributed by atoms with Crippen molar-refractivity contribution in [2.45, 2.75) is 49.9 Å². The van der Waals surface area contributed by atoms with Gasteiger partial charge in [-0.15, -0.1) is 0 Å². The fraction of sp³-hybridized carbons (Fsp3) is 0.261. The standard InChI is InChI=1S/C46H46N8O6/c1-51(45(57)58)39(33-11-5-3-6-12-33)43(55)53-25-9-15-37(53)41-47-27-35(49-41)31-21-17-29(18-22-31)30-19-23-32(24-20-30)36-28-48-42(50-36)38-16-10-26-54(38)44(56)40(52(2)46(59)60)34-13-7-4-8-14-34/h3-8,11-14,17-24,27-28,37-40H,9-10,15-16,25-26H2,1-2H3,(H,47,49)(H,48,50)(H,57,58)(H,59,60)/t37-,38-,39+,40+/m0/s1. The molecule has 4 amide bonds. The zero-order valence-corrected chi connectivity index (χ0v) is 33.3. The molecule has 2 aromatic heterocycles. The molecule has 306 valence electrons. The van der Waals surface area contributed by atoms with Crippen LogP contribution in [0, 0.1) is 0 Å². The molecule has 0 spiro atoms. The maximum atomic E-state index is 14.0. The van der Waals surface area contributed by atoms with Gasteiger partial charge in [-0.2, -0.15) is 0 Å². The monoisotopic (exact) mass is 806 g/mol. The van der Waals surface area contributed by atoms with Crippen LogP contribution in [-0.2, 0) is 9.59 Å². The predicted octanol–water partition coefficient (Wildman–Crippen LogP) is 8.16. The molecule has 60 heavy (non-hydrogen) atoms.